The minimum atomic E-state index is -0.388. The highest BCUT2D eigenvalue weighted by molar-refractivity contribution is 7.99. The number of aliphatic hydroxyl groups is 1. The van der Waals surface area contributed by atoms with Gasteiger partial charge in [-0.2, -0.15) is 5.26 Å². The van der Waals surface area contributed by atoms with Gasteiger partial charge >= 0.3 is 0 Å². The highest BCUT2D eigenvalue weighted by Gasteiger charge is 2.30. The molecule has 112 valence electrons. The van der Waals surface area contributed by atoms with Crippen LogP contribution in [0, 0.1) is 11.3 Å². The van der Waals surface area contributed by atoms with E-state index >= 15 is 0 Å². The Kier molecular flexibility index (Phi) is 5.66. The van der Waals surface area contributed by atoms with Gasteiger partial charge in [-0.1, -0.05) is 6.07 Å². The summed E-state index contributed by atoms with van der Waals surface area (Å²) >= 11 is 1.43. The molecule has 0 spiro atoms. The molecule has 1 aliphatic heterocycles. The molecule has 0 saturated carbocycles. The zero-order chi connectivity index (χ0) is 15.2. The molecule has 1 aliphatic rings. The first-order valence-electron chi connectivity index (χ1n) is 7.20. The number of carbonyl (C=O) groups is 1. The van der Waals surface area contributed by atoms with E-state index in [1.165, 1.54) is 11.8 Å². The summed E-state index contributed by atoms with van der Waals surface area (Å²) in [4.78, 5) is 15.4. The standard InChI is InChI=1S/C16H20N2O2S/c1-12(19)10-14-5-3-8-18(14)16(20)13-4-2-6-15(11-13)21-9-7-17/h2,4,6,11-12,14,19H,3,5,8-10H2,1H3. The van der Waals surface area contributed by atoms with Crippen LogP contribution in [0.3, 0.4) is 0 Å². The van der Waals surface area contributed by atoms with Crippen molar-refractivity contribution < 1.29 is 9.90 Å². The number of nitrogens with zero attached hydrogens (tertiary/aromatic N) is 2. The molecule has 21 heavy (non-hydrogen) atoms. The number of aliphatic hydroxyl groups excluding tert-OH is 1. The fourth-order valence-corrected chi connectivity index (χ4v) is 3.36. The maximum atomic E-state index is 12.6. The van der Waals surface area contributed by atoms with E-state index in [-0.39, 0.29) is 18.1 Å². The Morgan fingerprint density at radius 2 is 2.43 bits per heavy atom. The van der Waals surface area contributed by atoms with Crippen molar-refractivity contribution in [3.05, 3.63) is 29.8 Å². The molecule has 2 atom stereocenters. The molecule has 0 bridgehead atoms. The molecular weight excluding hydrogens is 284 g/mol. The van der Waals surface area contributed by atoms with Gasteiger partial charge in [0.2, 0.25) is 0 Å². The van der Waals surface area contributed by atoms with Crippen LogP contribution in [0.4, 0.5) is 0 Å². The van der Waals surface area contributed by atoms with Crippen LogP contribution in [0.1, 0.15) is 36.5 Å². The fourth-order valence-electron chi connectivity index (χ4n) is 2.74. The van der Waals surface area contributed by atoms with Gasteiger partial charge in [-0.15, -0.1) is 11.8 Å². The first-order valence-corrected chi connectivity index (χ1v) is 8.19. The van der Waals surface area contributed by atoms with Gasteiger partial charge in [0.25, 0.3) is 5.91 Å². The van der Waals surface area contributed by atoms with Crippen LogP contribution in [0.2, 0.25) is 0 Å². The number of likely N-dealkylation sites (tertiary alicyclic amines) is 1. The number of nitriles is 1. The maximum Gasteiger partial charge on any atom is 0.254 e. The molecule has 1 fully saturated rings. The van der Waals surface area contributed by atoms with Crippen molar-refractivity contribution >= 4 is 17.7 Å². The third kappa shape index (κ3) is 4.23. The quantitative estimate of drug-likeness (QED) is 0.849. The third-order valence-corrected chi connectivity index (χ3v) is 4.50. The van der Waals surface area contributed by atoms with Crippen LogP contribution in [0.5, 0.6) is 0 Å². The Labute approximate surface area is 129 Å². The summed E-state index contributed by atoms with van der Waals surface area (Å²) in [5.41, 5.74) is 0.662. The minimum Gasteiger partial charge on any atom is -0.393 e. The second kappa shape index (κ2) is 7.48. The van der Waals surface area contributed by atoms with E-state index in [1.54, 1.807) is 6.92 Å². The molecule has 1 N–H and O–H groups in total. The molecule has 1 saturated heterocycles. The molecule has 1 amide bonds. The lowest BCUT2D eigenvalue weighted by Gasteiger charge is -2.26. The number of hydrogen-bond donors (Lipinski definition) is 1. The van der Waals surface area contributed by atoms with Crippen LogP contribution in [0.15, 0.2) is 29.2 Å². The molecule has 0 aliphatic carbocycles. The first kappa shape index (κ1) is 15.9. The summed E-state index contributed by atoms with van der Waals surface area (Å²) < 4.78 is 0. The minimum absolute atomic E-state index is 0.0255. The summed E-state index contributed by atoms with van der Waals surface area (Å²) in [6.45, 7) is 2.52. The van der Waals surface area contributed by atoms with Gasteiger partial charge in [0.1, 0.15) is 0 Å². The van der Waals surface area contributed by atoms with Gasteiger partial charge < -0.3 is 10.0 Å². The second-order valence-electron chi connectivity index (χ2n) is 5.35. The fraction of sp³-hybridized carbons (Fsp3) is 0.500. The lowest BCUT2D eigenvalue weighted by Crippen LogP contribution is -2.37. The first-order chi connectivity index (χ1) is 10.1. The van der Waals surface area contributed by atoms with Crippen molar-refractivity contribution in [1.82, 2.24) is 4.90 Å². The molecule has 5 heteroatoms. The van der Waals surface area contributed by atoms with Crippen LogP contribution in [-0.4, -0.2) is 40.4 Å². The predicted molar refractivity (Wildman–Crippen MR) is 83.1 cm³/mol. The second-order valence-corrected chi connectivity index (χ2v) is 6.40. The van der Waals surface area contributed by atoms with Crippen LogP contribution in [-0.2, 0) is 0 Å². The van der Waals surface area contributed by atoms with Crippen molar-refractivity contribution in [2.75, 3.05) is 12.3 Å². The molecule has 0 aromatic heterocycles. The van der Waals surface area contributed by atoms with Crippen molar-refractivity contribution in [3.8, 4) is 6.07 Å². The van der Waals surface area contributed by atoms with E-state index in [2.05, 4.69) is 6.07 Å². The summed E-state index contributed by atoms with van der Waals surface area (Å²) in [5, 5.41) is 18.2. The molecule has 1 heterocycles. The van der Waals surface area contributed by atoms with Gasteiger partial charge in [-0.05, 0) is 44.4 Å². The molecule has 0 radical (unpaired) electrons. The zero-order valence-corrected chi connectivity index (χ0v) is 13.0. The normalized spacial score (nSPS) is 19.3. The zero-order valence-electron chi connectivity index (χ0n) is 12.2. The smallest absolute Gasteiger partial charge is 0.254 e. The highest BCUT2D eigenvalue weighted by atomic mass is 32.2. The van der Waals surface area contributed by atoms with Crippen molar-refractivity contribution in [1.29, 1.82) is 5.26 Å². The van der Waals surface area contributed by atoms with Crippen LogP contribution >= 0.6 is 11.8 Å². The maximum absolute atomic E-state index is 12.6. The molecule has 2 unspecified atom stereocenters. The molecule has 4 nitrogen and oxygen atoms in total. The highest BCUT2D eigenvalue weighted by Crippen LogP contribution is 2.25. The van der Waals surface area contributed by atoms with E-state index in [0.29, 0.717) is 17.7 Å². The summed E-state index contributed by atoms with van der Waals surface area (Å²) in [6, 6.07) is 9.65. The number of rotatable bonds is 5. The number of thioether (sulfide) groups is 1. The third-order valence-electron chi connectivity index (χ3n) is 3.64. The number of amides is 1. The summed E-state index contributed by atoms with van der Waals surface area (Å²) in [5.74, 6) is 0.406. The average Bonchev–Trinajstić information content (AvgIpc) is 2.92. The Balaban J connectivity index is 2.10. The van der Waals surface area contributed by atoms with Crippen molar-refractivity contribution in [3.63, 3.8) is 0 Å². The van der Waals surface area contributed by atoms with E-state index in [1.807, 2.05) is 29.2 Å². The molecule has 2 rings (SSSR count). The van der Waals surface area contributed by atoms with Gasteiger partial charge in [0.05, 0.1) is 17.9 Å². The van der Waals surface area contributed by atoms with Gasteiger partial charge in [0, 0.05) is 23.0 Å². The monoisotopic (exact) mass is 304 g/mol. The summed E-state index contributed by atoms with van der Waals surface area (Å²) in [6.07, 6.45) is 2.20. The van der Waals surface area contributed by atoms with E-state index in [9.17, 15) is 9.90 Å². The average molecular weight is 304 g/mol. The predicted octanol–water partition coefficient (Wildman–Crippen LogP) is 2.68. The Bertz CT molecular complexity index is 539. The molecule has 1 aromatic rings. The van der Waals surface area contributed by atoms with E-state index in [0.717, 1.165) is 24.3 Å². The Morgan fingerprint density at radius 1 is 1.62 bits per heavy atom. The SMILES string of the molecule is CC(O)CC1CCCN1C(=O)c1cccc(SCC#N)c1. The van der Waals surface area contributed by atoms with Gasteiger partial charge in [-0.3, -0.25) is 4.79 Å². The van der Waals surface area contributed by atoms with Crippen LogP contribution < -0.4 is 0 Å². The summed E-state index contributed by atoms with van der Waals surface area (Å²) in [7, 11) is 0. The lowest BCUT2D eigenvalue weighted by atomic mass is 10.1. The Morgan fingerprint density at radius 3 is 3.14 bits per heavy atom. The van der Waals surface area contributed by atoms with Crippen molar-refractivity contribution in [2.45, 2.75) is 43.2 Å². The largest absolute Gasteiger partial charge is 0.393 e. The molecule has 1 aromatic carbocycles. The van der Waals surface area contributed by atoms with Crippen LogP contribution in [0.25, 0.3) is 0 Å². The lowest BCUT2D eigenvalue weighted by molar-refractivity contribution is 0.0682. The topological polar surface area (TPSA) is 64.3 Å². The number of hydrogen-bond acceptors (Lipinski definition) is 4. The van der Waals surface area contributed by atoms with Gasteiger partial charge in [-0.25, -0.2) is 0 Å². The van der Waals surface area contributed by atoms with Crippen molar-refractivity contribution in [2.24, 2.45) is 0 Å². The van der Waals surface area contributed by atoms with Gasteiger partial charge in [0.15, 0.2) is 0 Å². The number of benzene rings is 1. The van der Waals surface area contributed by atoms with E-state index < -0.39 is 0 Å². The molecular formula is C16H20N2O2S. The van der Waals surface area contributed by atoms with E-state index in [4.69, 9.17) is 5.26 Å². The number of carbonyl (C=O) groups excluding carboxylic acids is 1. The Hall–Kier alpha value is -1.51.